The molecule has 0 spiro atoms. The number of fused-ring (bicyclic) bond motifs is 2. The van der Waals surface area contributed by atoms with Gasteiger partial charge in [0.05, 0.1) is 22.8 Å². The van der Waals surface area contributed by atoms with Gasteiger partial charge in [-0.25, -0.2) is 14.6 Å². The number of hydrogen-bond donors (Lipinski definition) is 2. The molecule has 1 fully saturated rings. The third-order valence-electron chi connectivity index (χ3n) is 7.56. The zero-order valence-electron chi connectivity index (χ0n) is 21.9. The van der Waals surface area contributed by atoms with E-state index in [0.29, 0.717) is 22.9 Å². The van der Waals surface area contributed by atoms with Crippen LogP contribution in [0.4, 0.5) is 17.5 Å². The molecule has 38 heavy (non-hydrogen) atoms. The number of anilines is 3. The van der Waals surface area contributed by atoms with Crippen molar-refractivity contribution in [2.45, 2.75) is 26.8 Å². The number of rotatable bonds is 5. The Hall–Kier alpha value is -4.39. The molecule has 6 rings (SSSR count). The van der Waals surface area contributed by atoms with Crippen molar-refractivity contribution in [1.29, 1.82) is 0 Å². The van der Waals surface area contributed by atoms with Crippen molar-refractivity contribution < 1.29 is 4.79 Å². The van der Waals surface area contributed by atoms with Crippen LogP contribution < -0.4 is 15.1 Å². The van der Waals surface area contributed by atoms with Crippen LogP contribution in [0.15, 0.2) is 41.9 Å². The van der Waals surface area contributed by atoms with Crippen molar-refractivity contribution in [3.8, 4) is 11.4 Å². The van der Waals surface area contributed by atoms with Crippen molar-refractivity contribution >= 4 is 34.3 Å². The van der Waals surface area contributed by atoms with Crippen LogP contribution in [0.25, 0.3) is 22.3 Å². The normalized spacial score (nSPS) is 18.3. The number of carbonyl (C=O) groups excluding carboxylic acids is 1. The van der Waals surface area contributed by atoms with Gasteiger partial charge in [0.2, 0.25) is 5.95 Å². The van der Waals surface area contributed by atoms with Crippen LogP contribution in [0.1, 0.15) is 26.8 Å². The van der Waals surface area contributed by atoms with Crippen LogP contribution >= 0.6 is 0 Å². The van der Waals surface area contributed by atoms with Crippen LogP contribution in [-0.4, -0.2) is 91.0 Å². The van der Waals surface area contributed by atoms with Gasteiger partial charge in [-0.05, 0) is 49.0 Å². The van der Waals surface area contributed by atoms with Crippen molar-refractivity contribution in [2.24, 2.45) is 0 Å². The summed E-state index contributed by atoms with van der Waals surface area (Å²) in [4.78, 5) is 29.0. The van der Waals surface area contributed by atoms with Gasteiger partial charge in [-0.2, -0.15) is 5.10 Å². The van der Waals surface area contributed by atoms with E-state index >= 15 is 0 Å². The summed E-state index contributed by atoms with van der Waals surface area (Å²) in [7, 11) is 1.85. The average Bonchev–Trinajstić information content (AvgIpc) is 3.60. The van der Waals surface area contributed by atoms with Gasteiger partial charge in [0.25, 0.3) is 5.91 Å². The summed E-state index contributed by atoms with van der Waals surface area (Å²) in [5.74, 6) is 1.29. The molecule has 1 atom stereocenters. The Balaban J connectivity index is 1.27. The van der Waals surface area contributed by atoms with Gasteiger partial charge < -0.3 is 20.0 Å². The highest BCUT2D eigenvalue weighted by molar-refractivity contribution is 6.07. The predicted octanol–water partition coefficient (Wildman–Crippen LogP) is 2.07. The molecule has 1 saturated heterocycles. The highest BCUT2D eigenvalue weighted by Gasteiger charge is 2.32. The van der Waals surface area contributed by atoms with Crippen LogP contribution in [0.5, 0.6) is 0 Å². The number of amides is 1. The molecular formula is C25H30N12O. The van der Waals surface area contributed by atoms with Crippen molar-refractivity contribution in [3.05, 3.63) is 41.9 Å². The first kappa shape index (κ1) is 24.0. The van der Waals surface area contributed by atoms with E-state index in [1.54, 1.807) is 11.0 Å². The first-order chi connectivity index (χ1) is 18.4. The summed E-state index contributed by atoms with van der Waals surface area (Å²) in [6, 6.07) is 7.37. The summed E-state index contributed by atoms with van der Waals surface area (Å²) >= 11 is 0. The van der Waals surface area contributed by atoms with E-state index < -0.39 is 0 Å². The van der Waals surface area contributed by atoms with Crippen molar-refractivity contribution in [3.63, 3.8) is 0 Å². The second-order valence-corrected chi connectivity index (χ2v) is 9.63. The summed E-state index contributed by atoms with van der Waals surface area (Å²) in [6.07, 6.45) is 1.59. The molecule has 196 valence electrons. The highest BCUT2D eigenvalue weighted by atomic mass is 16.1. The first-order valence-electron chi connectivity index (χ1n) is 12.8. The largest absolute Gasteiger partial charge is 0.354 e. The third-order valence-corrected chi connectivity index (χ3v) is 7.56. The SMILES string of the molecule is CCN1CCN(c2cc(-c3n[nH]c4ccc(NC(=O)C5=C(C)N(C)c6nnnn6C5C)cc34)ncn2)CC1. The van der Waals surface area contributed by atoms with Gasteiger partial charge in [0.15, 0.2) is 0 Å². The first-order valence-corrected chi connectivity index (χ1v) is 12.8. The van der Waals surface area contributed by atoms with E-state index in [4.69, 9.17) is 0 Å². The van der Waals surface area contributed by atoms with E-state index in [9.17, 15) is 4.79 Å². The predicted molar refractivity (Wildman–Crippen MR) is 144 cm³/mol. The Labute approximate surface area is 219 Å². The maximum atomic E-state index is 13.4. The molecule has 4 aromatic rings. The zero-order valence-corrected chi connectivity index (χ0v) is 21.9. The molecule has 0 saturated carbocycles. The van der Waals surface area contributed by atoms with E-state index in [-0.39, 0.29) is 11.9 Å². The fourth-order valence-electron chi connectivity index (χ4n) is 5.20. The number of nitrogens with one attached hydrogen (secondary N) is 2. The molecule has 13 nitrogen and oxygen atoms in total. The number of nitrogens with zero attached hydrogens (tertiary/aromatic N) is 10. The maximum Gasteiger partial charge on any atom is 0.255 e. The Morgan fingerprint density at radius 2 is 1.97 bits per heavy atom. The molecule has 1 aromatic carbocycles. The lowest BCUT2D eigenvalue weighted by Gasteiger charge is -2.34. The van der Waals surface area contributed by atoms with Crippen molar-refractivity contribution in [1.82, 2.24) is 45.3 Å². The molecule has 2 aliphatic heterocycles. The Morgan fingerprint density at radius 1 is 1.16 bits per heavy atom. The summed E-state index contributed by atoms with van der Waals surface area (Å²) in [5, 5.41) is 23.4. The molecule has 0 radical (unpaired) electrons. The van der Waals surface area contributed by atoms with Crippen molar-refractivity contribution in [2.75, 3.05) is 54.9 Å². The smallest absolute Gasteiger partial charge is 0.255 e. The number of benzene rings is 1. The number of piperazine rings is 1. The summed E-state index contributed by atoms with van der Waals surface area (Å²) in [5.41, 5.74) is 4.36. The quantitative estimate of drug-likeness (QED) is 0.407. The Kier molecular flexibility index (Phi) is 5.98. The lowest BCUT2D eigenvalue weighted by molar-refractivity contribution is -0.113. The van der Waals surface area contributed by atoms with E-state index in [1.807, 2.05) is 50.1 Å². The molecule has 3 aromatic heterocycles. The van der Waals surface area contributed by atoms with E-state index in [0.717, 1.165) is 60.8 Å². The number of aromatic amines is 1. The number of likely N-dealkylation sites (N-methyl/N-ethyl adjacent to an activating group) is 1. The molecule has 0 aliphatic carbocycles. The minimum absolute atomic E-state index is 0.206. The standard InChI is InChI=1S/C25H30N12O/c1-5-35-8-10-36(11-9-35)21-13-20(26-14-27-21)23-18-12-17(6-7-19(18)29-30-23)28-24(38)22-15(2)34(4)25-31-32-33-37(25)16(22)3/h6-7,12-14,16H,5,8-11H2,1-4H3,(H,28,38)(H,29,30). The number of aromatic nitrogens is 8. The van der Waals surface area contributed by atoms with E-state index in [2.05, 4.69) is 57.7 Å². The van der Waals surface area contributed by atoms with Gasteiger partial charge in [0.1, 0.15) is 17.8 Å². The Morgan fingerprint density at radius 3 is 2.76 bits per heavy atom. The van der Waals surface area contributed by atoms with Gasteiger partial charge in [0, 0.05) is 56.1 Å². The zero-order chi connectivity index (χ0) is 26.4. The number of tetrazole rings is 1. The second kappa shape index (κ2) is 9.49. The van der Waals surface area contributed by atoms with E-state index in [1.165, 1.54) is 0 Å². The Bertz CT molecular complexity index is 1530. The number of hydrogen-bond acceptors (Lipinski definition) is 10. The number of carbonyl (C=O) groups is 1. The lowest BCUT2D eigenvalue weighted by Crippen LogP contribution is -2.46. The van der Waals surface area contributed by atoms with Gasteiger partial charge in [-0.1, -0.05) is 12.0 Å². The fraction of sp³-hybridized carbons (Fsp3) is 0.400. The fourth-order valence-corrected chi connectivity index (χ4v) is 5.20. The second-order valence-electron chi connectivity index (χ2n) is 9.63. The summed E-state index contributed by atoms with van der Waals surface area (Å²) in [6.45, 7) is 11.0. The topological polar surface area (TPSA) is 137 Å². The van der Waals surface area contributed by atoms with Gasteiger partial charge >= 0.3 is 0 Å². The summed E-state index contributed by atoms with van der Waals surface area (Å²) < 4.78 is 1.65. The molecule has 1 unspecified atom stereocenters. The minimum Gasteiger partial charge on any atom is -0.354 e. The maximum absolute atomic E-state index is 13.4. The molecule has 2 aliphatic rings. The van der Waals surface area contributed by atoms with Crippen LogP contribution in [-0.2, 0) is 4.79 Å². The molecule has 5 heterocycles. The molecular weight excluding hydrogens is 484 g/mol. The molecule has 0 bridgehead atoms. The molecule has 2 N–H and O–H groups in total. The minimum atomic E-state index is -0.303. The third kappa shape index (κ3) is 4.04. The van der Waals surface area contributed by atoms with Gasteiger partial charge in [-0.15, -0.1) is 0 Å². The number of H-pyrrole nitrogens is 1. The molecule has 13 heteroatoms. The average molecular weight is 515 g/mol. The van der Waals surface area contributed by atoms with Crippen LogP contribution in [0.3, 0.4) is 0 Å². The highest BCUT2D eigenvalue weighted by Crippen LogP contribution is 2.33. The van der Waals surface area contributed by atoms with Gasteiger partial charge in [-0.3, -0.25) is 9.89 Å². The van der Waals surface area contributed by atoms with Crippen LogP contribution in [0, 0.1) is 0 Å². The number of allylic oxidation sites excluding steroid dienone is 1. The lowest BCUT2D eigenvalue weighted by atomic mass is 10.0. The molecule has 1 amide bonds. The monoisotopic (exact) mass is 514 g/mol. The van der Waals surface area contributed by atoms with Crippen LogP contribution in [0.2, 0.25) is 0 Å².